The first kappa shape index (κ1) is 15.3. The molecule has 5 nitrogen and oxygen atoms in total. The fraction of sp³-hybridized carbons (Fsp3) is 0.385. The lowest BCUT2D eigenvalue weighted by Crippen LogP contribution is -2.44. The zero-order valence-corrected chi connectivity index (χ0v) is 12.6. The van der Waals surface area contributed by atoms with Crippen LogP contribution in [0.1, 0.15) is 11.9 Å². The summed E-state index contributed by atoms with van der Waals surface area (Å²) in [4.78, 5) is 6.71. The van der Waals surface area contributed by atoms with E-state index in [-0.39, 0.29) is 18.4 Å². The molecule has 108 valence electrons. The number of piperazine rings is 1. The third-order valence-electron chi connectivity index (χ3n) is 3.34. The van der Waals surface area contributed by atoms with Gasteiger partial charge in [-0.2, -0.15) is 4.98 Å². The Morgan fingerprint density at radius 1 is 1.35 bits per heavy atom. The van der Waals surface area contributed by atoms with E-state index in [9.17, 15) is 0 Å². The van der Waals surface area contributed by atoms with Gasteiger partial charge >= 0.3 is 0 Å². The van der Waals surface area contributed by atoms with Crippen molar-refractivity contribution in [1.29, 1.82) is 0 Å². The fourth-order valence-corrected chi connectivity index (χ4v) is 2.30. The molecule has 0 radical (unpaired) electrons. The van der Waals surface area contributed by atoms with Crippen LogP contribution < -0.4 is 5.32 Å². The molecular weight excluding hydrogens is 299 g/mol. The number of hydrogen-bond acceptors (Lipinski definition) is 5. The largest absolute Gasteiger partial charge is 0.334 e. The van der Waals surface area contributed by atoms with Gasteiger partial charge in [0.1, 0.15) is 0 Å². The lowest BCUT2D eigenvalue weighted by molar-refractivity contribution is 0.190. The van der Waals surface area contributed by atoms with Crippen molar-refractivity contribution in [3.8, 4) is 11.5 Å². The third kappa shape index (κ3) is 3.12. The second-order valence-corrected chi connectivity index (χ2v) is 5.10. The van der Waals surface area contributed by atoms with Crippen LogP contribution >= 0.6 is 24.0 Å². The van der Waals surface area contributed by atoms with Gasteiger partial charge < -0.3 is 9.84 Å². The summed E-state index contributed by atoms with van der Waals surface area (Å²) in [6, 6.07) is 7.55. The van der Waals surface area contributed by atoms with Crippen LogP contribution in [0.5, 0.6) is 0 Å². The Morgan fingerprint density at radius 3 is 2.80 bits per heavy atom. The SMILES string of the molecule is CN1CCNCC1c1noc(-c2ccc(Cl)cc2)n1.Cl. The summed E-state index contributed by atoms with van der Waals surface area (Å²) >= 11 is 5.86. The third-order valence-corrected chi connectivity index (χ3v) is 3.59. The van der Waals surface area contributed by atoms with Crippen LogP contribution in [0.25, 0.3) is 11.5 Å². The molecule has 0 amide bonds. The molecule has 2 aromatic rings. The summed E-state index contributed by atoms with van der Waals surface area (Å²) in [6.45, 7) is 2.82. The van der Waals surface area contributed by atoms with Gasteiger partial charge in [0.25, 0.3) is 5.89 Å². The normalized spacial score (nSPS) is 19.6. The molecule has 1 fully saturated rings. The summed E-state index contributed by atoms with van der Waals surface area (Å²) in [5.74, 6) is 1.25. The van der Waals surface area contributed by atoms with Gasteiger partial charge in [-0.1, -0.05) is 16.8 Å². The maximum Gasteiger partial charge on any atom is 0.257 e. The number of rotatable bonds is 2. The molecule has 7 heteroatoms. The molecule has 1 saturated heterocycles. The average molecular weight is 315 g/mol. The van der Waals surface area contributed by atoms with Crippen molar-refractivity contribution in [2.75, 3.05) is 26.7 Å². The van der Waals surface area contributed by atoms with Crippen molar-refractivity contribution in [3.63, 3.8) is 0 Å². The number of halogens is 2. The second kappa shape index (κ2) is 6.54. The summed E-state index contributed by atoms with van der Waals surface area (Å²) in [7, 11) is 2.07. The molecule has 1 aromatic carbocycles. The summed E-state index contributed by atoms with van der Waals surface area (Å²) in [5.41, 5.74) is 0.884. The number of benzene rings is 1. The van der Waals surface area contributed by atoms with Gasteiger partial charge in [-0.25, -0.2) is 0 Å². The molecule has 2 heterocycles. The Hall–Kier alpha value is -1.14. The number of nitrogens with one attached hydrogen (secondary N) is 1. The highest BCUT2D eigenvalue weighted by Gasteiger charge is 2.25. The Balaban J connectivity index is 0.00000147. The topological polar surface area (TPSA) is 54.2 Å². The zero-order valence-electron chi connectivity index (χ0n) is 11.0. The minimum atomic E-state index is 0. The predicted molar refractivity (Wildman–Crippen MR) is 80.2 cm³/mol. The highest BCUT2D eigenvalue weighted by molar-refractivity contribution is 6.30. The van der Waals surface area contributed by atoms with Crippen LogP contribution in [0.2, 0.25) is 5.02 Å². The first-order valence-electron chi connectivity index (χ1n) is 6.24. The van der Waals surface area contributed by atoms with Crippen molar-refractivity contribution in [2.45, 2.75) is 6.04 Å². The van der Waals surface area contributed by atoms with Crippen molar-refractivity contribution in [1.82, 2.24) is 20.4 Å². The van der Waals surface area contributed by atoms with Crippen LogP contribution in [0.3, 0.4) is 0 Å². The van der Waals surface area contributed by atoms with E-state index in [1.54, 1.807) is 0 Å². The molecule has 1 aliphatic heterocycles. The molecule has 1 aromatic heterocycles. The Bertz CT molecular complexity index is 558. The van der Waals surface area contributed by atoms with E-state index in [1.165, 1.54) is 0 Å². The average Bonchev–Trinajstić information content (AvgIpc) is 2.89. The molecule has 1 N–H and O–H groups in total. The maximum atomic E-state index is 5.86. The van der Waals surface area contributed by atoms with Gasteiger partial charge in [-0.05, 0) is 31.3 Å². The van der Waals surface area contributed by atoms with Crippen molar-refractivity contribution in [2.24, 2.45) is 0 Å². The van der Waals surface area contributed by atoms with Gasteiger partial charge in [0.15, 0.2) is 5.82 Å². The maximum absolute atomic E-state index is 5.86. The molecule has 0 aliphatic carbocycles. The molecule has 1 aliphatic rings. The quantitative estimate of drug-likeness (QED) is 0.922. The van der Waals surface area contributed by atoms with Gasteiger partial charge in [0, 0.05) is 30.2 Å². The van der Waals surface area contributed by atoms with E-state index >= 15 is 0 Å². The zero-order chi connectivity index (χ0) is 13.2. The van der Waals surface area contributed by atoms with Crippen LogP contribution in [-0.2, 0) is 0 Å². The minimum Gasteiger partial charge on any atom is -0.334 e. The molecule has 20 heavy (non-hydrogen) atoms. The smallest absolute Gasteiger partial charge is 0.257 e. The summed E-state index contributed by atoms with van der Waals surface area (Å²) < 4.78 is 5.33. The molecular formula is C13H16Cl2N4O. The minimum absolute atomic E-state index is 0. The molecule has 0 bridgehead atoms. The molecule has 1 unspecified atom stereocenters. The van der Waals surface area contributed by atoms with Crippen molar-refractivity contribution < 1.29 is 4.52 Å². The van der Waals surface area contributed by atoms with E-state index in [4.69, 9.17) is 16.1 Å². The van der Waals surface area contributed by atoms with Gasteiger partial charge in [0.05, 0.1) is 6.04 Å². The van der Waals surface area contributed by atoms with Crippen molar-refractivity contribution >= 4 is 24.0 Å². The molecule has 1 atom stereocenters. The first-order valence-corrected chi connectivity index (χ1v) is 6.62. The highest BCUT2D eigenvalue weighted by Crippen LogP contribution is 2.23. The monoisotopic (exact) mass is 314 g/mol. The van der Waals surface area contributed by atoms with Crippen molar-refractivity contribution in [3.05, 3.63) is 35.1 Å². The standard InChI is InChI=1S/C13H15ClN4O.ClH/c1-18-7-6-15-8-11(18)12-16-13(19-17-12)9-2-4-10(14)5-3-9;/h2-5,11,15H,6-8H2,1H3;1H. The van der Waals surface area contributed by atoms with Crippen LogP contribution in [0.15, 0.2) is 28.8 Å². The van der Waals surface area contributed by atoms with Gasteiger partial charge in [0.2, 0.25) is 0 Å². The number of likely N-dealkylation sites (N-methyl/N-ethyl adjacent to an activating group) is 1. The van der Waals surface area contributed by atoms with Gasteiger partial charge in [-0.15, -0.1) is 12.4 Å². The van der Waals surface area contributed by atoms with E-state index in [0.29, 0.717) is 10.9 Å². The lowest BCUT2D eigenvalue weighted by Gasteiger charge is -2.30. The van der Waals surface area contributed by atoms with Crippen LogP contribution in [0.4, 0.5) is 0 Å². The Kier molecular flexibility index (Phi) is 4.99. The summed E-state index contributed by atoms with van der Waals surface area (Å²) in [6.07, 6.45) is 0. The molecule has 0 spiro atoms. The van der Waals surface area contributed by atoms with Crippen LogP contribution in [-0.4, -0.2) is 41.7 Å². The Labute approximate surface area is 128 Å². The van der Waals surface area contributed by atoms with E-state index in [1.807, 2.05) is 24.3 Å². The van der Waals surface area contributed by atoms with E-state index in [2.05, 4.69) is 27.4 Å². The Morgan fingerprint density at radius 2 is 2.10 bits per heavy atom. The van der Waals surface area contributed by atoms with Crippen LogP contribution in [0, 0.1) is 0 Å². The lowest BCUT2D eigenvalue weighted by atomic mass is 10.2. The second-order valence-electron chi connectivity index (χ2n) is 4.67. The van der Waals surface area contributed by atoms with E-state index in [0.717, 1.165) is 31.0 Å². The highest BCUT2D eigenvalue weighted by atomic mass is 35.5. The van der Waals surface area contributed by atoms with Gasteiger partial charge in [-0.3, -0.25) is 4.90 Å². The number of nitrogens with zero attached hydrogens (tertiary/aromatic N) is 3. The van der Waals surface area contributed by atoms with E-state index < -0.39 is 0 Å². The molecule has 3 rings (SSSR count). The predicted octanol–water partition coefficient (Wildman–Crippen LogP) is 2.39. The fourth-order valence-electron chi connectivity index (χ4n) is 2.17. The first-order chi connectivity index (χ1) is 9.24. The number of hydrogen-bond donors (Lipinski definition) is 1. The summed E-state index contributed by atoms with van der Waals surface area (Å²) in [5, 5.41) is 8.12. The number of aromatic nitrogens is 2. The molecule has 0 saturated carbocycles.